The van der Waals surface area contributed by atoms with Gasteiger partial charge in [-0.15, -0.1) is 0 Å². The molecule has 0 saturated carbocycles. The van der Waals surface area contributed by atoms with Crippen molar-refractivity contribution in [3.63, 3.8) is 0 Å². The highest BCUT2D eigenvalue weighted by molar-refractivity contribution is 5.80. The molecule has 2 fully saturated rings. The van der Waals surface area contributed by atoms with Gasteiger partial charge in [-0.3, -0.25) is 4.79 Å². The van der Waals surface area contributed by atoms with E-state index in [1.807, 2.05) is 0 Å². The van der Waals surface area contributed by atoms with E-state index in [1.165, 1.54) is 0 Å². The number of ether oxygens (including phenoxy) is 1. The number of fused-ring (bicyclic) bond motifs is 1. The van der Waals surface area contributed by atoms with Gasteiger partial charge in [0.2, 0.25) is 0 Å². The minimum absolute atomic E-state index is 0.0122. The third kappa shape index (κ3) is 1.48. The summed E-state index contributed by atoms with van der Waals surface area (Å²) >= 11 is 0. The van der Waals surface area contributed by atoms with Crippen LogP contribution >= 0.6 is 0 Å². The Morgan fingerprint density at radius 3 is 2.18 bits per heavy atom. The van der Waals surface area contributed by atoms with Crippen molar-refractivity contribution in [1.82, 2.24) is 10.6 Å². The summed E-state index contributed by atoms with van der Waals surface area (Å²) in [6.45, 7) is 1.24. The summed E-state index contributed by atoms with van der Waals surface area (Å²) in [6.07, 6.45) is -4.42. The summed E-state index contributed by atoms with van der Waals surface area (Å²) in [5.41, 5.74) is -3.55. The summed E-state index contributed by atoms with van der Waals surface area (Å²) in [4.78, 5) is 11.9. The number of rotatable bonds is 2. The third-order valence-corrected chi connectivity index (χ3v) is 3.83. The fourth-order valence-corrected chi connectivity index (χ4v) is 2.86. The first-order valence-electron chi connectivity index (χ1n) is 5.55. The number of hydrogen-bond donors (Lipinski definition) is 2. The molecule has 2 rings (SSSR count). The number of carbonyl (C=O) groups is 1. The van der Waals surface area contributed by atoms with E-state index >= 15 is 0 Å². The molecule has 17 heavy (non-hydrogen) atoms. The highest BCUT2D eigenvalue weighted by atomic mass is 19.4. The van der Waals surface area contributed by atoms with Crippen LogP contribution in [0.15, 0.2) is 0 Å². The maximum atomic E-state index is 13.3. The Balaban J connectivity index is 2.40. The highest BCUT2D eigenvalue weighted by Crippen LogP contribution is 2.56. The molecule has 98 valence electrons. The molecular formula is C10H15F3N2O2. The minimum Gasteiger partial charge on any atom is -0.465 e. The Kier molecular flexibility index (Phi) is 2.86. The average molecular weight is 252 g/mol. The Morgan fingerprint density at radius 1 is 1.24 bits per heavy atom. The smallest absolute Gasteiger partial charge is 0.398 e. The number of alkyl halides is 3. The molecule has 0 atom stereocenters. The van der Waals surface area contributed by atoms with E-state index in [0.29, 0.717) is 0 Å². The van der Waals surface area contributed by atoms with E-state index < -0.39 is 23.0 Å². The van der Waals surface area contributed by atoms with Crippen molar-refractivity contribution < 1.29 is 22.7 Å². The maximum absolute atomic E-state index is 13.3. The lowest BCUT2D eigenvalue weighted by atomic mass is 9.67. The van der Waals surface area contributed by atoms with Crippen LogP contribution in [0.5, 0.6) is 0 Å². The lowest BCUT2D eigenvalue weighted by Crippen LogP contribution is -2.55. The quantitative estimate of drug-likeness (QED) is 0.694. The van der Waals surface area contributed by atoms with Gasteiger partial charge in [0, 0.05) is 26.2 Å². The standard InChI is InChI=1S/C10H15F3N2O2/c1-2-17-7(16)8-3-14-5-9(8,6-15-4-8)10(11,12)13/h14-15H,2-6H2,1H3. The molecule has 0 radical (unpaired) electrons. The van der Waals surface area contributed by atoms with Crippen LogP contribution in [0.25, 0.3) is 0 Å². The van der Waals surface area contributed by atoms with Crippen molar-refractivity contribution in [2.75, 3.05) is 32.8 Å². The predicted molar refractivity (Wildman–Crippen MR) is 53.3 cm³/mol. The Bertz CT molecular complexity index is 320. The normalized spacial score (nSPS) is 36.9. The zero-order valence-corrected chi connectivity index (χ0v) is 9.49. The molecule has 0 bridgehead atoms. The van der Waals surface area contributed by atoms with Crippen LogP contribution in [0.2, 0.25) is 0 Å². The van der Waals surface area contributed by atoms with E-state index in [-0.39, 0.29) is 32.8 Å². The lowest BCUT2D eigenvalue weighted by molar-refractivity contribution is -0.240. The highest BCUT2D eigenvalue weighted by Gasteiger charge is 2.74. The van der Waals surface area contributed by atoms with Gasteiger partial charge in [-0.25, -0.2) is 0 Å². The molecule has 0 unspecified atom stereocenters. The van der Waals surface area contributed by atoms with Crippen LogP contribution < -0.4 is 10.6 Å². The molecule has 0 aromatic carbocycles. The molecule has 2 saturated heterocycles. The molecule has 7 heteroatoms. The SMILES string of the molecule is CCOC(=O)C12CNCC1(C(F)(F)F)CNC2. The average Bonchev–Trinajstić information content (AvgIpc) is 2.71. The van der Waals surface area contributed by atoms with E-state index in [4.69, 9.17) is 4.74 Å². The van der Waals surface area contributed by atoms with E-state index in [2.05, 4.69) is 10.6 Å². The van der Waals surface area contributed by atoms with Crippen molar-refractivity contribution in [2.24, 2.45) is 10.8 Å². The van der Waals surface area contributed by atoms with Gasteiger partial charge in [-0.1, -0.05) is 0 Å². The zero-order chi connectivity index (χ0) is 12.7. The summed E-state index contributed by atoms with van der Waals surface area (Å²) in [5, 5.41) is 5.38. The lowest BCUT2D eigenvalue weighted by Gasteiger charge is -2.37. The van der Waals surface area contributed by atoms with E-state index in [9.17, 15) is 18.0 Å². The van der Waals surface area contributed by atoms with Gasteiger partial charge in [-0.2, -0.15) is 13.2 Å². The summed E-state index contributed by atoms with van der Waals surface area (Å²) in [5.74, 6) is -0.757. The van der Waals surface area contributed by atoms with Crippen molar-refractivity contribution in [2.45, 2.75) is 13.1 Å². The van der Waals surface area contributed by atoms with E-state index in [0.717, 1.165) is 0 Å². The molecule has 0 spiro atoms. The number of halogens is 3. The Hall–Kier alpha value is -0.820. The summed E-state index contributed by atoms with van der Waals surface area (Å²) in [6, 6.07) is 0. The Labute approximate surface area is 96.9 Å². The molecular weight excluding hydrogens is 237 g/mol. The van der Waals surface area contributed by atoms with Gasteiger partial charge in [-0.05, 0) is 6.92 Å². The summed E-state index contributed by atoms with van der Waals surface area (Å²) in [7, 11) is 0. The van der Waals surface area contributed by atoms with Crippen LogP contribution in [-0.4, -0.2) is 44.9 Å². The van der Waals surface area contributed by atoms with Gasteiger partial charge in [0.15, 0.2) is 0 Å². The van der Waals surface area contributed by atoms with Crippen LogP contribution in [-0.2, 0) is 9.53 Å². The largest absolute Gasteiger partial charge is 0.465 e. The van der Waals surface area contributed by atoms with Crippen LogP contribution in [0.4, 0.5) is 13.2 Å². The van der Waals surface area contributed by atoms with Crippen LogP contribution in [0, 0.1) is 10.8 Å². The summed E-state index contributed by atoms with van der Waals surface area (Å²) < 4.78 is 44.6. The molecule has 0 aromatic heterocycles. The molecule has 0 aromatic rings. The molecule has 2 heterocycles. The third-order valence-electron chi connectivity index (χ3n) is 3.83. The van der Waals surface area contributed by atoms with Gasteiger partial charge >= 0.3 is 12.1 Å². The predicted octanol–water partition coefficient (Wildman–Crippen LogP) is 0.291. The number of nitrogens with one attached hydrogen (secondary N) is 2. The first kappa shape index (κ1) is 12.6. The van der Waals surface area contributed by atoms with E-state index in [1.54, 1.807) is 6.92 Å². The van der Waals surface area contributed by atoms with Crippen molar-refractivity contribution >= 4 is 5.97 Å². The topological polar surface area (TPSA) is 50.4 Å². The monoisotopic (exact) mass is 252 g/mol. The van der Waals surface area contributed by atoms with Gasteiger partial charge in [0.05, 0.1) is 6.61 Å². The first-order valence-corrected chi connectivity index (χ1v) is 5.55. The van der Waals surface area contributed by atoms with Crippen LogP contribution in [0.1, 0.15) is 6.92 Å². The van der Waals surface area contributed by atoms with Crippen molar-refractivity contribution in [3.8, 4) is 0 Å². The maximum Gasteiger partial charge on any atom is 0.398 e. The van der Waals surface area contributed by atoms with Crippen molar-refractivity contribution in [1.29, 1.82) is 0 Å². The fourth-order valence-electron chi connectivity index (χ4n) is 2.86. The second-order valence-corrected chi connectivity index (χ2v) is 4.59. The minimum atomic E-state index is -4.42. The fraction of sp³-hybridized carbons (Fsp3) is 0.900. The number of hydrogen-bond acceptors (Lipinski definition) is 4. The zero-order valence-electron chi connectivity index (χ0n) is 9.49. The van der Waals surface area contributed by atoms with Crippen molar-refractivity contribution in [3.05, 3.63) is 0 Å². The molecule has 0 amide bonds. The van der Waals surface area contributed by atoms with Gasteiger partial charge in [0.25, 0.3) is 0 Å². The Morgan fingerprint density at radius 2 is 1.76 bits per heavy atom. The van der Waals surface area contributed by atoms with Gasteiger partial charge < -0.3 is 15.4 Å². The second-order valence-electron chi connectivity index (χ2n) is 4.59. The molecule has 4 nitrogen and oxygen atoms in total. The molecule has 2 N–H and O–H groups in total. The molecule has 2 aliphatic heterocycles. The first-order chi connectivity index (χ1) is 7.90. The molecule has 0 aliphatic carbocycles. The van der Waals surface area contributed by atoms with Crippen LogP contribution in [0.3, 0.4) is 0 Å². The second kappa shape index (κ2) is 3.84. The number of carbonyl (C=O) groups excluding carboxylic acids is 1. The van der Waals surface area contributed by atoms with Gasteiger partial charge in [0.1, 0.15) is 10.8 Å². The molecule has 2 aliphatic rings. The number of esters is 1.